The maximum Gasteiger partial charge on any atom is 0.155 e. The van der Waals surface area contributed by atoms with Crippen LogP contribution in [0.2, 0.25) is 0 Å². The molecule has 0 fully saturated rings. The molecule has 0 N–H and O–H groups in total. The van der Waals surface area contributed by atoms with Crippen LogP contribution in [0, 0.1) is 0 Å². The first-order valence-corrected chi connectivity index (χ1v) is 33.3. The molecule has 376 valence electrons. The Morgan fingerprint density at radius 2 is 0.618 bits per heavy atom. The average molecular weight is 1030 g/mol. The summed E-state index contributed by atoms with van der Waals surface area (Å²) in [4.78, 5) is 21.8. The molecule has 8 heteroatoms. The molecule has 6 aromatic heterocycles. The summed E-state index contributed by atoms with van der Waals surface area (Å²) in [6.07, 6.45) is 48.5. The number of thiophene rings is 4. The van der Waals surface area contributed by atoms with Crippen molar-refractivity contribution in [3.63, 3.8) is 0 Å². The lowest BCUT2D eigenvalue weighted by Crippen LogP contribution is -1.89. The Labute approximate surface area is 439 Å². The summed E-state index contributed by atoms with van der Waals surface area (Å²) >= 11 is 11.6. The van der Waals surface area contributed by atoms with Crippen LogP contribution in [0.15, 0.2) is 35.0 Å². The number of hydrogen-bond donors (Lipinski definition) is 0. The molecule has 0 aliphatic rings. The molecule has 2 nitrogen and oxygen atoms in total. The number of aromatic nitrogens is 2. The highest BCUT2D eigenvalue weighted by Gasteiger charge is 2.23. The minimum Gasteiger partial charge on any atom is -0.222 e. The van der Waals surface area contributed by atoms with Crippen molar-refractivity contribution >= 4 is 77.7 Å². The van der Waals surface area contributed by atoms with Crippen LogP contribution in [-0.4, -0.2) is 9.97 Å². The summed E-state index contributed by atoms with van der Waals surface area (Å²) in [5.41, 5.74) is 6.17. The Hall–Kier alpha value is -1.68. The third-order valence-corrected chi connectivity index (χ3v) is 21.1. The highest BCUT2D eigenvalue weighted by Crippen LogP contribution is 2.49. The average Bonchev–Trinajstić information content (AvgIpc) is 4.22. The molecule has 0 amide bonds. The van der Waals surface area contributed by atoms with Crippen molar-refractivity contribution in [2.75, 3.05) is 0 Å². The van der Waals surface area contributed by atoms with Crippen LogP contribution in [0.1, 0.15) is 255 Å². The van der Waals surface area contributed by atoms with Crippen molar-refractivity contribution in [1.82, 2.24) is 9.97 Å². The van der Waals surface area contributed by atoms with Gasteiger partial charge < -0.3 is 0 Å². The lowest BCUT2D eigenvalue weighted by molar-refractivity contribution is 0.556. The first kappa shape index (κ1) is 55.6. The van der Waals surface area contributed by atoms with E-state index in [2.05, 4.69) is 74.1 Å². The van der Waals surface area contributed by atoms with E-state index in [1.165, 1.54) is 265 Å². The van der Waals surface area contributed by atoms with Gasteiger partial charge in [-0.3, -0.25) is 0 Å². The smallest absolute Gasteiger partial charge is 0.155 e. The minimum absolute atomic E-state index is 1.12. The molecule has 0 radical (unpaired) electrons. The van der Waals surface area contributed by atoms with Crippen molar-refractivity contribution in [2.45, 2.75) is 259 Å². The summed E-state index contributed by atoms with van der Waals surface area (Å²) in [7, 11) is 0. The van der Waals surface area contributed by atoms with Crippen molar-refractivity contribution < 1.29 is 0 Å². The predicted octanol–water partition coefficient (Wildman–Crippen LogP) is 23.4. The Morgan fingerprint density at radius 1 is 0.309 bits per heavy atom. The second kappa shape index (κ2) is 33.1. The van der Waals surface area contributed by atoms with E-state index in [1.54, 1.807) is 20.9 Å². The minimum atomic E-state index is 1.12. The van der Waals surface area contributed by atoms with E-state index in [-0.39, 0.29) is 0 Å². The van der Waals surface area contributed by atoms with E-state index >= 15 is 0 Å². The van der Waals surface area contributed by atoms with Gasteiger partial charge in [-0.05, 0) is 109 Å². The molecule has 0 atom stereocenters. The van der Waals surface area contributed by atoms with Gasteiger partial charge in [-0.15, -0.1) is 45.3 Å². The molecule has 0 saturated heterocycles. The topological polar surface area (TPSA) is 25.8 Å². The predicted molar refractivity (Wildman–Crippen MR) is 314 cm³/mol. The standard InChI is InChI=1S/C60H90N2S6/c1-5-9-13-17-21-23-25-27-31-34-38-48-42-44-64-55(48)57-61-59-60(67-57)62-58(68-59)56-50(40-36-32-28-26-24-22-18-14-10-6-2)46-52(66-56)51-45-49(39-35-30-20-16-12-8-4)54(65-51)53-47(41-43-63-53)37-33-29-19-15-11-7-3/h41-46H,5-40H2,1-4H3. The summed E-state index contributed by atoms with van der Waals surface area (Å²) in [6, 6.07) is 10.0. The lowest BCUT2D eigenvalue weighted by atomic mass is 10.0. The van der Waals surface area contributed by atoms with Gasteiger partial charge in [0, 0.05) is 19.5 Å². The van der Waals surface area contributed by atoms with E-state index in [1.807, 2.05) is 56.7 Å². The van der Waals surface area contributed by atoms with Gasteiger partial charge in [0.05, 0.1) is 9.75 Å². The van der Waals surface area contributed by atoms with Gasteiger partial charge in [0.25, 0.3) is 0 Å². The molecule has 68 heavy (non-hydrogen) atoms. The molecule has 0 bridgehead atoms. The van der Waals surface area contributed by atoms with Crippen LogP contribution in [0.3, 0.4) is 0 Å². The second-order valence-electron chi connectivity index (χ2n) is 20.0. The van der Waals surface area contributed by atoms with Crippen molar-refractivity contribution in [3.05, 3.63) is 57.3 Å². The molecule has 0 saturated carbocycles. The summed E-state index contributed by atoms with van der Waals surface area (Å²) in [5.74, 6) is 0. The highest BCUT2D eigenvalue weighted by molar-refractivity contribution is 7.32. The fourth-order valence-corrected chi connectivity index (χ4v) is 16.8. The van der Waals surface area contributed by atoms with E-state index in [0.29, 0.717) is 0 Å². The van der Waals surface area contributed by atoms with Gasteiger partial charge in [-0.2, -0.15) is 0 Å². The number of hydrogen-bond acceptors (Lipinski definition) is 8. The first-order chi connectivity index (χ1) is 33.6. The zero-order valence-corrected chi connectivity index (χ0v) is 48.2. The molecule has 0 aliphatic carbocycles. The molecule has 6 rings (SSSR count). The Kier molecular flexibility index (Phi) is 27.1. The van der Waals surface area contributed by atoms with E-state index in [4.69, 9.17) is 9.97 Å². The van der Waals surface area contributed by atoms with Gasteiger partial charge in [0.1, 0.15) is 10.0 Å². The molecular weight excluding hydrogens is 941 g/mol. The van der Waals surface area contributed by atoms with Crippen LogP contribution in [0.25, 0.3) is 48.9 Å². The molecule has 0 unspecified atom stereocenters. The van der Waals surface area contributed by atoms with Crippen LogP contribution in [0.4, 0.5) is 0 Å². The normalized spacial score (nSPS) is 11.9. The van der Waals surface area contributed by atoms with Crippen LogP contribution in [0.5, 0.6) is 0 Å². The van der Waals surface area contributed by atoms with Gasteiger partial charge in [0.2, 0.25) is 0 Å². The third-order valence-electron chi connectivity index (χ3n) is 14.1. The van der Waals surface area contributed by atoms with Crippen LogP contribution >= 0.6 is 68.0 Å². The van der Waals surface area contributed by atoms with Crippen molar-refractivity contribution in [2.24, 2.45) is 0 Å². The number of thiazole rings is 2. The number of nitrogens with zero attached hydrogens (tertiary/aromatic N) is 2. The molecule has 0 aliphatic heterocycles. The van der Waals surface area contributed by atoms with Gasteiger partial charge >= 0.3 is 0 Å². The maximum absolute atomic E-state index is 5.43. The molecular formula is C60H90N2S6. The van der Waals surface area contributed by atoms with Crippen LogP contribution < -0.4 is 0 Å². The van der Waals surface area contributed by atoms with E-state index in [9.17, 15) is 0 Å². The first-order valence-electron chi connectivity index (χ1n) is 28.3. The van der Waals surface area contributed by atoms with Gasteiger partial charge in [-0.1, -0.05) is 230 Å². The molecule has 0 aromatic carbocycles. The van der Waals surface area contributed by atoms with Crippen molar-refractivity contribution in [3.8, 4) is 39.3 Å². The summed E-state index contributed by atoms with van der Waals surface area (Å²) in [5, 5.41) is 7.01. The third kappa shape index (κ3) is 18.4. The maximum atomic E-state index is 5.43. The molecule has 6 aromatic rings. The Bertz CT molecular complexity index is 2170. The number of rotatable bonds is 40. The fraction of sp³-hybridized carbons (Fsp3) is 0.667. The largest absolute Gasteiger partial charge is 0.222 e. The van der Waals surface area contributed by atoms with E-state index < -0.39 is 0 Å². The lowest BCUT2D eigenvalue weighted by Gasteiger charge is -2.06. The molecule has 6 heterocycles. The number of aryl methyl sites for hydroxylation is 4. The van der Waals surface area contributed by atoms with Crippen LogP contribution in [-0.2, 0) is 25.7 Å². The SMILES string of the molecule is CCCCCCCCCCCCc1ccsc1-c1nc2sc(-c3sc(-c4cc(CCCCCCCC)c(-c5sccc5CCCCCCCC)s4)cc3CCCCCCCCCCCC)nc2s1. The summed E-state index contributed by atoms with van der Waals surface area (Å²) in [6.45, 7) is 9.27. The Balaban J connectivity index is 1.18. The highest BCUT2D eigenvalue weighted by atomic mass is 32.1. The quantitative estimate of drug-likeness (QED) is 0.0359. The van der Waals surface area contributed by atoms with Gasteiger partial charge in [0.15, 0.2) is 9.66 Å². The second-order valence-corrected chi connectivity index (χ2v) is 25.9. The van der Waals surface area contributed by atoms with Gasteiger partial charge in [-0.25, -0.2) is 9.97 Å². The summed E-state index contributed by atoms with van der Waals surface area (Å²) < 4.78 is 0. The fourth-order valence-electron chi connectivity index (χ4n) is 9.93. The van der Waals surface area contributed by atoms with Crippen molar-refractivity contribution in [1.29, 1.82) is 0 Å². The number of unbranched alkanes of at least 4 members (excludes halogenated alkanes) is 28. The Morgan fingerprint density at radius 3 is 1.03 bits per heavy atom. The monoisotopic (exact) mass is 1030 g/mol. The number of fused-ring (bicyclic) bond motifs is 1. The zero-order valence-electron chi connectivity index (χ0n) is 43.3. The molecule has 0 spiro atoms. The zero-order chi connectivity index (χ0) is 47.4. The van der Waals surface area contributed by atoms with E-state index in [0.717, 1.165) is 16.1 Å².